The summed E-state index contributed by atoms with van der Waals surface area (Å²) in [6.45, 7) is 0.353. The lowest BCUT2D eigenvalue weighted by Gasteiger charge is -2.36. The second kappa shape index (κ2) is 9.31. The Morgan fingerprint density at radius 2 is 1.95 bits per heavy atom. The summed E-state index contributed by atoms with van der Waals surface area (Å²) in [6.07, 6.45) is 3.50. The van der Waals surface area contributed by atoms with E-state index in [1.54, 1.807) is 12.3 Å². The van der Waals surface area contributed by atoms with Gasteiger partial charge in [0.25, 0.3) is 5.91 Å². The molecular weight excluding hydrogens is 472 g/mol. The van der Waals surface area contributed by atoms with Crippen molar-refractivity contribution in [1.29, 1.82) is 0 Å². The van der Waals surface area contributed by atoms with Crippen molar-refractivity contribution in [3.05, 3.63) is 77.0 Å². The van der Waals surface area contributed by atoms with Gasteiger partial charge >= 0.3 is 6.09 Å². The molecule has 3 heterocycles. The highest BCUT2D eigenvalue weighted by Gasteiger charge is 2.39. The third kappa shape index (κ3) is 4.41. The van der Waals surface area contributed by atoms with E-state index in [4.69, 9.17) is 4.74 Å². The van der Waals surface area contributed by atoms with Crippen molar-refractivity contribution in [3.63, 3.8) is 0 Å². The number of alkyl carbamates (subject to hydrolysis) is 1. The van der Waals surface area contributed by atoms with Gasteiger partial charge in [0.05, 0.1) is 5.52 Å². The van der Waals surface area contributed by atoms with Gasteiger partial charge in [-0.15, -0.1) is 0 Å². The summed E-state index contributed by atoms with van der Waals surface area (Å²) in [6, 6.07) is 14.9. The van der Waals surface area contributed by atoms with Crippen LogP contribution in [-0.2, 0) is 27.5 Å². The fourth-order valence-corrected chi connectivity index (χ4v) is 5.50. The number of amides is 4. The average Bonchev–Trinajstić information content (AvgIpc) is 3.20. The zero-order chi connectivity index (χ0) is 25.5. The van der Waals surface area contributed by atoms with E-state index < -0.39 is 18.0 Å². The van der Waals surface area contributed by atoms with Gasteiger partial charge in [0, 0.05) is 36.2 Å². The van der Waals surface area contributed by atoms with E-state index in [2.05, 4.69) is 33.8 Å². The molecule has 0 spiro atoms. The monoisotopic (exact) mass is 498 g/mol. The largest absolute Gasteiger partial charge is 0.445 e. The fraction of sp³-hybridized carbons (Fsp3) is 0.321. The number of aromatic nitrogens is 1. The van der Waals surface area contributed by atoms with Gasteiger partial charge < -0.3 is 15.0 Å². The van der Waals surface area contributed by atoms with Gasteiger partial charge in [0.15, 0.2) is 0 Å². The molecule has 1 unspecified atom stereocenters. The minimum absolute atomic E-state index is 0.0359. The van der Waals surface area contributed by atoms with Gasteiger partial charge in [-0.2, -0.15) is 0 Å². The molecule has 9 heteroatoms. The number of imide groups is 1. The average molecular weight is 499 g/mol. The number of nitrogens with zero attached hydrogens (tertiary/aromatic N) is 2. The molecular formula is C28H26N4O5. The number of pyridine rings is 1. The normalized spacial score (nSPS) is 22.9. The summed E-state index contributed by atoms with van der Waals surface area (Å²) in [5.74, 6) is -0.656. The Bertz CT molecular complexity index is 1430. The van der Waals surface area contributed by atoms with Crippen LogP contribution in [0, 0.1) is 0 Å². The van der Waals surface area contributed by atoms with Crippen LogP contribution in [0.5, 0.6) is 0 Å². The fourth-order valence-electron chi connectivity index (χ4n) is 5.50. The molecule has 37 heavy (non-hydrogen) atoms. The Morgan fingerprint density at radius 3 is 2.78 bits per heavy atom. The second-order valence-electron chi connectivity index (χ2n) is 9.90. The lowest BCUT2D eigenvalue weighted by molar-refractivity contribution is -0.136. The Morgan fingerprint density at radius 1 is 1.11 bits per heavy atom. The van der Waals surface area contributed by atoms with E-state index >= 15 is 0 Å². The van der Waals surface area contributed by atoms with Crippen molar-refractivity contribution < 1.29 is 23.9 Å². The molecule has 6 rings (SSSR count). The number of ether oxygens (including phenoxy) is 1. The van der Waals surface area contributed by atoms with Crippen molar-refractivity contribution in [3.8, 4) is 0 Å². The number of para-hydroxylation sites is 1. The maximum absolute atomic E-state index is 13.0. The highest BCUT2D eigenvalue weighted by Crippen LogP contribution is 2.39. The van der Waals surface area contributed by atoms with Gasteiger partial charge in [-0.25, -0.2) is 4.79 Å². The molecule has 2 fully saturated rings. The maximum Gasteiger partial charge on any atom is 0.407 e. The molecule has 3 aliphatic rings. The predicted octanol–water partition coefficient (Wildman–Crippen LogP) is 3.17. The molecule has 4 amide bonds. The molecule has 2 N–H and O–H groups in total. The van der Waals surface area contributed by atoms with E-state index in [0.29, 0.717) is 30.0 Å². The number of carbonyl (C=O) groups excluding carboxylic acids is 4. The first-order valence-electron chi connectivity index (χ1n) is 12.5. The van der Waals surface area contributed by atoms with Crippen LogP contribution < -0.4 is 10.6 Å². The zero-order valence-electron chi connectivity index (χ0n) is 20.1. The molecule has 1 aliphatic carbocycles. The SMILES string of the molecule is O=C1CCC(N2Cc3ccc(COC(=O)NC4CC(c5cccc6cccnc56)C4)cc3C2=O)C(=O)N1. The molecule has 1 saturated carbocycles. The van der Waals surface area contributed by atoms with Crippen LogP contribution in [-0.4, -0.2) is 45.8 Å². The van der Waals surface area contributed by atoms with Crippen LogP contribution in [0.25, 0.3) is 10.9 Å². The zero-order valence-corrected chi connectivity index (χ0v) is 20.1. The molecule has 3 aromatic rings. The highest BCUT2D eigenvalue weighted by atomic mass is 16.5. The van der Waals surface area contributed by atoms with Crippen LogP contribution >= 0.6 is 0 Å². The number of benzene rings is 2. The first kappa shape index (κ1) is 23.1. The summed E-state index contributed by atoms with van der Waals surface area (Å²) >= 11 is 0. The molecule has 1 aromatic heterocycles. The third-order valence-corrected chi connectivity index (χ3v) is 7.53. The predicted molar refractivity (Wildman–Crippen MR) is 133 cm³/mol. The first-order chi connectivity index (χ1) is 18.0. The smallest absolute Gasteiger partial charge is 0.407 e. The van der Waals surface area contributed by atoms with Crippen LogP contribution in [0.15, 0.2) is 54.7 Å². The van der Waals surface area contributed by atoms with E-state index in [1.807, 2.05) is 24.3 Å². The van der Waals surface area contributed by atoms with Gasteiger partial charge in [-0.1, -0.05) is 36.4 Å². The number of rotatable bonds is 5. The standard InChI is InChI=1S/C28H26N4O5/c33-24-9-8-23(26(34)31-24)32-14-18-7-6-16(11-22(18)27(32)35)15-37-28(36)30-20-12-19(13-20)21-5-1-3-17-4-2-10-29-25(17)21/h1-7,10-11,19-20,23H,8-9,12-15H2,(H,30,36)(H,31,33,34). The van der Waals surface area contributed by atoms with Crippen molar-refractivity contribution in [2.24, 2.45) is 0 Å². The Hall–Kier alpha value is -4.27. The Labute approximate surface area is 213 Å². The van der Waals surface area contributed by atoms with E-state index in [1.165, 1.54) is 10.5 Å². The summed E-state index contributed by atoms with van der Waals surface area (Å²) in [7, 11) is 0. The molecule has 0 bridgehead atoms. The van der Waals surface area contributed by atoms with Crippen LogP contribution in [0.2, 0.25) is 0 Å². The molecule has 0 radical (unpaired) electrons. The van der Waals surface area contributed by atoms with Crippen molar-refractivity contribution in [1.82, 2.24) is 20.5 Å². The lowest BCUT2D eigenvalue weighted by Crippen LogP contribution is -2.52. The lowest BCUT2D eigenvalue weighted by atomic mass is 9.75. The van der Waals surface area contributed by atoms with E-state index in [0.717, 1.165) is 29.3 Å². The minimum atomic E-state index is -0.654. The van der Waals surface area contributed by atoms with Gasteiger partial charge in [0.2, 0.25) is 11.8 Å². The number of piperidine rings is 1. The molecule has 2 aliphatic heterocycles. The number of carbonyl (C=O) groups is 4. The van der Waals surface area contributed by atoms with Crippen LogP contribution in [0.3, 0.4) is 0 Å². The molecule has 1 atom stereocenters. The number of hydrogen-bond donors (Lipinski definition) is 2. The number of hydrogen-bond acceptors (Lipinski definition) is 6. The summed E-state index contributed by atoms with van der Waals surface area (Å²) < 4.78 is 5.42. The summed E-state index contributed by atoms with van der Waals surface area (Å²) in [4.78, 5) is 55.1. The molecule has 9 nitrogen and oxygen atoms in total. The van der Waals surface area contributed by atoms with Crippen LogP contribution in [0.1, 0.15) is 58.6 Å². The minimum Gasteiger partial charge on any atom is -0.445 e. The van der Waals surface area contributed by atoms with Gasteiger partial charge in [-0.3, -0.25) is 24.7 Å². The van der Waals surface area contributed by atoms with Crippen molar-refractivity contribution in [2.75, 3.05) is 0 Å². The first-order valence-corrected chi connectivity index (χ1v) is 12.5. The van der Waals surface area contributed by atoms with Gasteiger partial charge in [0.1, 0.15) is 12.6 Å². The van der Waals surface area contributed by atoms with Crippen LogP contribution in [0.4, 0.5) is 4.79 Å². The maximum atomic E-state index is 13.0. The summed E-state index contributed by atoms with van der Waals surface area (Å²) in [5, 5.41) is 6.34. The van der Waals surface area contributed by atoms with E-state index in [9.17, 15) is 19.2 Å². The Balaban J connectivity index is 1.02. The van der Waals surface area contributed by atoms with Gasteiger partial charge in [-0.05, 0) is 54.0 Å². The third-order valence-electron chi connectivity index (χ3n) is 7.53. The van der Waals surface area contributed by atoms with E-state index in [-0.39, 0.29) is 30.9 Å². The topological polar surface area (TPSA) is 118 Å². The second-order valence-corrected chi connectivity index (χ2v) is 9.90. The quantitative estimate of drug-likeness (QED) is 0.522. The van der Waals surface area contributed by atoms with Crippen molar-refractivity contribution >= 4 is 34.7 Å². The highest BCUT2D eigenvalue weighted by molar-refractivity contribution is 6.05. The Kier molecular flexibility index (Phi) is 5.82. The number of nitrogens with one attached hydrogen (secondary N) is 2. The molecule has 188 valence electrons. The molecule has 1 saturated heterocycles. The van der Waals surface area contributed by atoms with Crippen molar-refractivity contribution in [2.45, 2.75) is 56.8 Å². The molecule has 2 aromatic carbocycles. The summed E-state index contributed by atoms with van der Waals surface area (Å²) in [5.41, 5.74) is 4.22. The number of fused-ring (bicyclic) bond motifs is 2.